The highest BCUT2D eigenvalue weighted by Crippen LogP contribution is 2.28. The number of hydroxylamine groups is 1. The van der Waals surface area contributed by atoms with Gasteiger partial charge in [-0.3, -0.25) is 10.0 Å². The minimum Gasteiger partial charge on any atom is -0.493 e. The molecule has 19 heavy (non-hydrogen) atoms. The number of methoxy groups -OCH3 is 2. The number of ether oxygens (including phenoxy) is 3. The molecule has 0 saturated carbocycles. The number of carbonyl (C=O) groups is 1. The maximum Gasteiger partial charge on any atom is 0.271 e. The molecule has 0 saturated heterocycles. The first kappa shape index (κ1) is 13.2. The lowest BCUT2D eigenvalue weighted by molar-refractivity contribution is -0.130. The normalized spacial score (nSPS) is 17.4. The number of rotatable bonds is 4. The molecule has 102 valence electrons. The molecule has 1 atom stereocenters. The van der Waals surface area contributed by atoms with Crippen molar-refractivity contribution in [2.75, 3.05) is 20.8 Å². The summed E-state index contributed by atoms with van der Waals surface area (Å²) in [5, 5.41) is 8.54. The molecule has 1 unspecified atom stereocenters. The fourth-order valence-electron chi connectivity index (χ4n) is 1.71. The van der Waals surface area contributed by atoms with Crippen LogP contribution in [-0.4, -0.2) is 43.9 Å². The highest BCUT2D eigenvalue weighted by molar-refractivity contribution is 5.98. The summed E-state index contributed by atoms with van der Waals surface area (Å²) in [6.45, 7) is 0.0933. The Labute approximate surface area is 109 Å². The molecule has 7 heteroatoms. The van der Waals surface area contributed by atoms with Crippen LogP contribution >= 0.6 is 0 Å². The fraction of sp³-hybridized carbons (Fsp3) is 0.333. The summed E-state index contributed by atoms with van der Waals surface area (Å²) in [6, 6.07) is 4.43. The van der Waals surface area contributed by atoms with Crippen molar-refractivity contribution in [3.05, 3.63) is 23.8 Å². The quantitative estimate of drug-likeness (QED) is 0.606. The van der Waals surface area contributed by atoms with E-state index in [4.69, 9.17) is 19.4 Å². The van der Waals surface area contributed by atoms with Crippen LogP contribution in [0.15, 0.2) is 23.2 Å². The first-order valence-corrected chi connectivity index (χ1v) is 5.56. The fourth-order valence-corrected chi connectivity index (χ4v) is 1.71. The van der Waals surface area contributed by atoms with E-state index in [1.807, 2.05) is 0 Å². The van der Waals surface area contributed by atoms with Gasteiger partial charge in [0, 0.05) is 5.56 Å². The van der Waals surface area contributed by atoms with Gasteiger partial charge in [0.15, 0.2) is 17.5 Å². The first-order chi connectivity index (χ1) is 9.19. The van der Waals surface area contributed by atoms with Crippen LogP contribution in [0, 0.1) is 0 Å². The van der Waals surface area contributed by atoms with E-state index in [2.05, 4.69) is 4.99 Å². The summed E-state index contributed by atoms with van der Waals surface area (Å²) in [5.74, 6) is 0.862. The van der Waals surface area contributed by atoms with Crippen LogP contribution in [-0.2, 0) is 9.53 Å². The lowest BCUT2D eigenvalue weighted by Crippen LogP contribution is -2.31. The molecule has 1 amide bonds. The van der Waals surface area contributed by atoms with Crippen molar-refractivity contribution in [3.63, 3.8) is 0 Å². The highest BCUT2D eigenvalue weighted by atomic mass is 16.5. The van der Waals surface area contributed by atoms with E-state index in [9.17, 15) is 4.79 Å². The van der Waals surface area contributed by atoms with Crippen molar-refractivity contribution in [1.82, 2.24) is 5.48 Å². The van der Waals surface area contributed by atoms with E-state index < -0.39 is 11.9 Å². The molecule has 0 fully saturated rings. The van der Waals surface area contributed by atoms with Gasteiger partial charge in [0.05, 0.1) is 14.2 Å². The van der Waals surface area contributed by atoms with Gasteiger partial charge in [-0.2, -0.15) is 0 Å². The Bertz CT molecular complexity index is 515. The number of aliphatic imine (C=N–C) groups is 1. The van der Waals surface area contributed by atoms with Crippen LogP contribution in [0.3, 0.4) is 0 Å². The molecule has 1 aliphatic heterocycles. The SMILES string of the molecule is COc1ccc(C2=NC(C(=O)NO)CO2)cc1OC. The van der Waals surface area contributed by atoms with Gasteiger partial charge in [-0.15, -0.1) is 0 Å². The molecule has 1 heterocycles. The number of nitrogens with one attached hydrogen (secondary N) is 1. The third-order valence-corrected chi connectivity index (χ3v) is 2.69. The van der Waals surface area contributed by atoms with Crippen molar-refractivity contribution in [1.29, 1.82) is 0 Å². The summed E-state index contributed by atoms with van der Waals surface area (Å²) in [7, 11) is 3.07. The molecule has 0 aliphatic carbocycles. The zero-order chi connectivity index (χ0) is 13.8. The molecule has 7 nitrogen and oxygen atoms in total. The van der Waals surface area contributed by atoms with Crippen molar-refractivity contribution >= 4 is 11.8 Å². The van der Waals surface area contributed by atoms with Crippen molar-refractivity contribution in [2.45, 2.75) is 6.04 Å². The summed E-state index contributed by atoms with van der Waals surface area (Å²) >= 11 is 0. The average Bonchev–Trinajstić information content (AvgIpc) is 2.95. The zero-order valence-corrected chi connectivity index (χ0v) is 10.5. The Kier molecular flexibility index (Phi) is 3.86. The van der Waals surface area contributed by atoms with Gasteiger partial charge >= 0.3 is 0 Å². The van der Waals surface area contributed by atoms with Gasteiger partial charge in [-0.1, -0.05) is 0 Å². The van der Waals surface area contributed by atoms with Gasteiger partial charge in [0.2, 0.25) is 5.90 Å². The molecule has 0 bridgehead atoms. The predicted octanol–water partition coefficient (Wildman–Crippen LogP) is 0.355. The Balaban J connectivity index is 2.26. The zero-order valence-electron chi connectivity index (χ0n) is 10.5. The molecule has 1 aromatic rings. The molecule has 2 rings (SSSR count). The number of amides is 1. The van der Waals surface area contributed by atoms with E-state index in [0.29, 0.717) is 23.0 Å². The van der Waals surface area contributed by atoms with Gasteiger partial charge < -0.3 is 14.2 Å². The largest absolute Gasteiger partial charge is 0.493 e. The number of carbonyl (C=O) groups excluding carboxylic acids is 1. The molecule has 2 N–H and O–H groups in total. The van der Waals surface area contributed by atoms with Crippen molar-refractivity contribution < 1.29 is 24.2 Å². The smallest absolute Gasteiger partial charge is 0.271 e. The van der Waals surface area contributed by atoms with E-state index in [1.54, 1.807) is 30.8 Å². The van der Waals surface area contributed by atoms with E-state index in [1.165, 1.54) is 7.11 Å². The van der Waals surface area contributed by atoms with Crippen LogP contribution < -0.4 is 15.0 Å². The molecule has 0 aromatic heterocycles. The minimum atomic E-state index is -0.743. The third-order valence-electron chi connectivity index (χ3n) is 2.69. The van der Waals surface area contributed by atoms with Gasteiger partial charge in [-0.25, -0.2) is 10.5 Å². The first-order valence-electron chi connectivity index (χ1n) is 5.56. The van der Waals surface area contributed by atoms with E-state index in [-0.39, 0.29) is 6.61 Å². The van der Waals surface area contributed by atoms with Crippen molar-refractivity contribution in [2.24, 2.45) is 4.99 Å². The lowest BCUT2D eigenvalue weighted by atomic mass is 10.2. The monoisotopic (exact) mass is 266 g/mol. The maximum atomic E-state index is 11.2. The Morgan fingerprint density at radius 2 is 2.16 bits per heavy atom. The topological polar surface area (TPSA) is 89.4 Å². The van der Waals surface area contributed by atoms with Crippen molar-refractivity contribution in [3.8, 4) is 11.5 Å². The number of hydrogen-bond donors (Lipinski definition) is 2. The second-order valence-electron chi connectivity index (χ2n) is 3.81. The minimum absolute atomic E-state index is 0.0933. The summed E-state index contributed by atoms with van der Waals surface area (Å²) in [6.07, 6.45) is 0. The highest BCUT2D eigenvalue weighted by Gasteiger charge is 2.26. The van der Waals surface area contributed by atoms with E-state index in [0.717, 1.165) is 0 Å². The molecule has 1 aliphatic rings. The Hall–Kier alpha value is -2.28. The molecule has 1 aromatic carbocycles. The molecular weight excluding hydrogens is 252 g/mol. The Morgan fingerprint density at radius 1 is 1.42 bits per heavy atom. The molecule has 0 spiro atoms. The van der Waals surface area contributed by atoms with Crippen LogP contribution in [0.25, 0.3) is 0 Å². The molecule has 0 radical (unpaired) electrons. The lowest BCUT2D eigenvalue weighted by Gasteiger charge is -2.09. The summed E-state index contributed by atoms with van der Waals surface area (Å²) in [4.78, 5) is 15.3. The second kappa shape index (κ2) is 5.57. The van der Waals surface area contributed by atoms with Crippen LogP contribution in [0.2, 0.25) is 0 Å². The number of nitrogens with zero attached hydrogens (tertiary/aromatic N) is 1. The standard InChI is InChI=1S/C12H14N2O5/c1-17-9-4-3-7(5-10(9)18-2)12-13-8(6-19-12)11(15)14-16/h3-5,8,16H,6H2,1-2H3,(H,14,15). The van der Waals surface area contributed by atoms with E-state index >= 15 is 0 Å². The van der Waals surface area contributed by atoms with Crippen LogP contribution in [0.1, 0.15) is 5.56 Å². The predicted molar refractivity (Wildman–Crippen MR) is 65.8 cm³/mol. The average molecular weight is 266 g/mol. The van der Waals surface area contributed by atoms with Gasteiger partial charge in [-0.05, 0) is 18.2 Å². The number of hydrogen-bond acceptors (Lipinski definition) is 6. The Morgan fingerprint density at radius 3 is 2.79 bits per heavy atom. The summed E-state index contributed by atoms with van der Waals surface area (Å²) in [5.41, 5.74) is 2.22. The van der Waals surface area contributed by atoms with Gasteiger partial charge in [0.25, 0.3) is 5.91 Å². The summed E-state index contributed by atoms with van der Waals surface area (Å²) < 4.78 is 15.6. The van der Waals surface area contributed by atoms with Crippen LogP contribution in [0.4, 0.5) is 0 Å². The number of benzene rings is 1. The molecular formula is C12H14N2O5. The maximum absolute atomic E-state index is 11.2. The third kappa shape index (κ3) is 2.60. The van der Waals surface area contributed by atoms with Gasteiger partial charge in [0.1, 0.15) is 6.61 Å². The second-order valence-corrected chi connectivity index (χ2v) is 3.81. The van der Waals surface area contributed by atoms with Crippen LogP contribution in [0.5, 0.6) is 11.5 Å².